The van der Waals surface area contributed by atoms with E-state index >= 15 is 0 Å². The van der Waals surface area contributed by atoms with Crippen LogP contribution in [-0.4, -0.2) is 11.0 Å². The van der Waals surface area contributed by atoms with Crippen molar-refractivity contribution in [2.75, 3.05) is 6.26 Å². The fourth-order valence-corrected chi connectivity index (χ4v) is 1.78. The number of allylic oxidation sites excluding steroid dienone is 1. The summed E-state index contributed by atoms with van der Waals surface area (Å²) in [7, 11) is 0. The van der Waals surface area contributed by atoms with Crippen LogP contribution in [0.1, 0.15) is 19.8 Å². The first-order chi connectivity index (χ1) is 5.08. The van der Waals surface area contributed by atoms with Crippen molar-refractivity contribution < 1.29 is 0 Å². The molecule has 1 nitrogen and oxygen atoms in total. The minimum atomic E-state index is 0.210. The second-order valence-corrected chi connectivity index (χ2v) is 4.45. The van der Waals surface area contributed by atoms with Crippen molar-refractivity contribution in [2.24, 2.45) is 0 Å². The summed E-state index contributed by atoms with van der Waals surface area (Å²) in [6.45, 7) is 10.1. The summed E-state index contributed by atoms with van der Waals surface area (Å²) >= 11 is 1.86. The van der Waals surface area contributed by atoms with Gasteiger partial charge in [-0.2, -0.15) is 11.8 Å². The summed E-state index contributed by atoms with van der Waals surface area (Å²) in [4.78, 5) is 0. The highest BCUT2D eigenvalue weighted by atomic mass is 32.2. The number of piperidine rings is 1. The molecule has 1 fully saturated rings. The zero-order valence-corrected chi connectivity index (χ0v) is 8.05. The molecule has 0 amide bonds. The van der Waals surface area contributed by atoms with E-state index in [2.05, 4.69) is 31.7 Å². The van der Waals surface area contributed by atoms with E-state index in [0.717, 1.165) is 24.2 Å². The number of hydrogen-bond donors (Lipinski definition) is 1. The van der Waals surface area contributed by atoms with Gasteiger partial charge < -0.3 is 5.32 Å². The largest absolute Gasteiger partial charge is 0.362 e. The van der Waals surface area contributed by atoms with Crippen LogP contribution in [0.4, 0.5) is 0 Å². The quantitative estimate of drug-likeness (QED) is 0.647. The fourth-order valence-electron chi connectivity index (χ4n) is 1.17. The van der Waals surface area contributed by atoms with Crippen LogP contribution >= 0.6 is 11.8 Å². The van der Waals surface area contributed by atoms with Gasteiger partial charge in [-0.05, 0) is 26.0 Å². The smallest absolute Gasteiger partial charge is 0.0525 e. The van der Waals surface area contributed by atoms with Gasteiger partial charge in [0.2, 0.25) is 0 Å². The summed E-state index contributed by atoms with van der Waals surface area (Å²) in [5.74, 6) is 0. The number of nitrogens with one attached hydrogen (secondary N) is 1. The van der Waals surface area contributed by atoms with E-state index in [1.807, 2.05) is 11.8 Å². The first-order valence-electron chi connectivity index (χ1n) is 3.78. The molecule has 11 heavy (non-hydrogen) atoms. The third-order valence-electron chi connectivity index (χ3n) is 2.32. The van der Waals surface area contributed by atoms with Crippen molar-refractivity contribution in [3.05, 3.63) is 24.6 Å². The van der Waals surface area contributed by atoms with Gasteiger partial charge in [-0.1, -0.05) is 13.2 Å². The van der Waals surface area contributed by atoms with E-state index in [1.165, 1.54) is 0 Å². The second-order valence-electron chi connectivity index (χ2n) is 3.14. The molecule has 1 aliphatic rings. The fraction of sp³-hybridized carbons (Fsp3) is 0.556. The van der Waals surface area contributed by atoms with Crippen molar-refractivity contribution in [1.82, 2.24) is 5.32 Å². The molecule has 1 saturated heterocycles. The monoisotopic (exact) mass is 169 g/mol. The van der Waals surface area contributed by atoms with Gasteiger partial charge in [-0.25, -0.2) is 0 Å². The van der Waals surface area contributed by atoms with Crippen LogP contribution in [0, 0.1) is 0 Å². The third-order valence-corrected chi connectivity index (χ3v) is 3.67. The topological polar surface area (TPSA) is 12.0 Å². The zero-order valence-electron chi connectivity index (χ0n) is 7.24. The lowest BCUT2D eigenvalue weighted by atomic mass is 9.96. The minimum absolute atomic E-state index is 0.210. The highest BCUT2D eigenvalue weighted by Crippen LogP contribution is 2.37. The van der Waals surface area contributed by atoms with Crippen molar-refractivity contribution in [2.45, 2.75) is 24.5 Å². The van der Waals surface area contributed by atoms with Crippen molar-refractivity contribution in [3.8, 4) is 0 Å². The van der Waals surface area contributed by atoms with Crippen molar-refractivity contribution in [1.29, 1.82) is 0 Å². The van der Waals surface area contributed by atoms with E-state index in [-0.39, 0.29) is 4.75 Å². The van der Waals surface area contributed by atoms with Gasteiger partial charge in [-0.15, -0.1) is 0 Å². The van der Waals surface area contributed by atoms with Crippen LogP contribution in [-0.2, 0) is 0 Å². The Kier molecular flexibility index (Phi) is 2.33. The van der Waals surface area contributed by atoms with Gasteiger partial charge in [0.15, 0.2) is 0 Å². The molecule has 0 saturated carbocycles. The average Bonchev–Trinajstić information content (AvgIpc) is 1.98. The maximum absolute atomic E-state index is 4.00. The van der Waals surface area contributed by atoms with Crippen LogP contribution in [0.2, 0.25) is 0 Å². The zero-order chi connectivity index (χ0) is 8.48. The SMILES string of the molecule is C=C1CCC(C)(SC)C(=C)N1. The predicted molar refractivity (Wildman–Crippen MR) is 52.6 cm³/mol. The highest BCUT2D eigenvalue weighted by molar-refractivity contribution is 8.00. The Labute approximate surface area is 72.9 Å². The number of rotatable bonds is 1. The molecular formula is C9H15NS. The standard InChI is InChI=1S/C9H15NS/c1-7-5-6-9(3,11-4)8(2)10-7/h10H,1-2,5-6H2,3-4H3. The summed E-state index contributed by atoms with van der Waals surface area (Å²) in [6, 6.07) is 0. The Morgan fingerprint density at radius 1 is 1.55 bits per heavy atom. The molecule has 2 heteroatoms. The van der Waals surface area contributed by atoms with Crippen LogP contribution < -0.4 is 5.32 Å². The van der Waals surface area contributed by atoms with Gasteiger partial charge >= 0.3 is 0 Å². The molecule has 0 aromatic carbocycles. The van der Waals surface area contributed by atoms with E-state index in [4.69, 9.17) is 0 Å². The minimum Gasteiger partial charge on any atom is -0.362 e. The average molecular weight is 169 g/mol. The lowest BCUT2D eigenvalue weighted by Crippen LogP contribution is -2.35. The maximum atomic E-state index is 4.00. The Morgan fingerprint density at radius 3 is 2.64 bits per heavy atom. The first kappa shape index (κ1) is 8.72. The Balaban J connectivity index is 2.71. The summed E-state index contributed by atoms with van der Waals surface area (Å²) in [5, 5.41) is 3.21. The van der Waals surface area contributed by atoms with Gasteiger partial charge in [0, 0.05) is 11.4 Å². The van der Waals surface area contributed by atoms with Gasteiger partial charge in [0.1, 0.15) is 0 Å². The molecule has 1 N–H and O–H groups in total. The van der Waals surface area contributed by atoms with E-state index in [0.29, 0.717) is 0 Å². The molecular weight excluding hydrogens is 154 g/mol. The molecule has 1 aliphatic heterocycles. The highest BCUT2D eigenvalue weighted by Gasteiger charge is 2.30. The molecule has 0 aromatic heterocycles. The Morgan fingerprint density at radius 2 is 2.18 bits per heavy atom. The summed E-state index contributed by atoms with van der Waals surface area (Å²) < 4.78 is 0.210. The van der Waals surface area contributed by atoms with Gasteiger partial charge in [0.05, 0.1) is 4.75 Å². The third kappa shape index (κ3) is 1.62. The van der Waals surface area contributed by atoms with Crippen LogP contribution in [0.5, 0.6) is 0 Å². The van der Waals surface area contributed by atoms with E-state index in [9.17, 15) is 0 Å². The maximum Gasteiger partial charge on any atom is 0.0525 e. The molecule has 0 bridgehead atoms. The molecule has 1 unspecified atom stereocenters. The molecule has 0 spiro atoms. The number of thioether (sulfide) groups is 1. The van der Waals surface area contributed by atoms with Crippen LogP contribution in [0.3, 0.4) is 0 Å². The second kappa shape index (κ2) is 2.94. The molecule has 62 valence electrons. The molecule has 0 radical (unpaired) electrons. The molecule has 0 aliphatic carbocycles. The normalized spacial score (nSPS) is 31.8. The van der Waals surface area contributed by atoms with Crippen LogP contribution in [0.25, 0.3) is 0 Å². The van der Waals surface area contributed by atoms with Crippen LogP contribution in [0.15, 0.2) is 24.6 Å². The molecule has 0 aromatic rings. The molecule has 1 heterocycles. The van der Waals surface area contributed by atoms with Crippen molar-refractivity contribution >= 4 is 11.8 Å². The van der Waals surface area contributed by atoms with E-state index < -0.39 is 0 Å². The molecule has 1 rings (SSSR count). The lowest BCUT2D eigenvalue weighted by molar-refractivity contribution is 0.566. The number of hydrogen-bond acceptors (Lipinski definition) is 2. The molecule has 1 atom stereocenters. The van der Waals surface area contributed by atoms with E-state index in [1.54, 1.807) is 0 Å². The summed E-state index contributed by atoms with van der Waals surface area (Å²) in [6.07, 6.45) is 4.34. The van der Waals surface area contributed by atoms with Gasteiger partial charge in [-0.3, -0.25) is 0 Å². The Hall–Kier alpha value is -0.370. The first-order valence-corrected chi connectivity index (χ1v) is 5.00. The predicted octanol–water partition coefficient (Wildman–Crippen LogP) is 2.52. The van der Waals surface area contributed by atoms with Gasteiger partial charge in [0.25, 0.3) is 0 Å². The summed E-state index contributed by atoms with van der Waals surface area (Å²) in [5.41, 5.74) is 2.20. The Bertz CT molecular complexity index is 198. The van der Waals surface area contributed by atoms with Crippen molar-refractivity contribution in [3.63, 3.8) is 0 Å². The lowest BCUT2D eigenvalue weighted by Gasteiger charge is -2.36.